The Kier molecular flexibility index (Phi) is 12.2. The number of hydrogen-bond donors (Lipinski definition) is 2. The minimum atomic E-state index is 0. The van der Waals surface area contributed by atoms with Crippen LogP contribution < -0.4 is 15.5 Å². The topological polar surface area (TPSA) is 55.8 Å². The molecule has 0 bridgehead atoms. The van der Waals surface area contributed by atoms with Crippen molar-refractivity contribution in [1.29, 1.82) is 0 Å². The maximum atomic E-state index is 4.73. The lowest BCUT2D eigenvalue weighted by atomic mass is 10.2. The molecule has 0 unspecified atom stereocenters. The molecule has 2 N–H and O–H groups in total. The number of piperazine rings is 1. The van der Waals surface area contributed by atoms with Crippen LogP contribution in [0.15, 0.2) is 40.7 Å². The molecule has 1 aromatic carbocycles. The van der Waals surface area contributed by atoms with E-state index >= 15 is 0 Å². The molecule has 2 aromatic rings. The second kappa shape index (κ2) is 14.6. The van der Waals surface area contributed by atoms with Gasteiger partial charge in [0.25, 0.3) is 0 Å². The molecule has 8 heteroatoms. The number of para-hydroxylation sites is 1. The summed E-state index contributed by atoms with van der Waals surface area (Å²) in [6.45, 7) is 12.5. The van der Waals surface area contributed by atoms with Crippen molar-refractivity contribution in [3.63, 3.8) is 0 Å². The first-order chi connectivity index (χ1) is 14.7. The van der Waals surface area contributed by atoms with Crippen LogP contribution in [0.1, 0.15) is 30.5 Å². The van der Waals surface area contributed by atoms with Gasteiger partial charge in [0, 0.05) is 63.3 Å². The van der Waals surface area contributed by atoms with Gasteiger partial charge in [0.1, 0.15) is 0 Å². The quantitative estimate of drug-likeness (QED) is 0.202. The highest BCUT2D eigenvalue weighted by Gasteiger charge is 2.16. The number of anilines is 1. The predicted octanol–water partition coefficient (Wildman–Crippen LogP) is 3.77. The molecule has 2 heterocycles. The van der Waals surface area contributed by atoms with Gasteiger partial charge in [0.2, 0.25) is 0 Å². The number of aromatic nitrogens is 1. The van der Waals surface area contributed by atoms with Crippen LogP contribution in [0.4, 0.5) is 5.69 Å². The number of guanidine groups is 1. The molecule has 0 atom stereocenters. The number of thiazole rings is 1. The van der Waals surface area contributed by atoms with E-state index in [1.165, 1.54) is 18.7 Å². The maximum absolute atomic E-state index is 4.73. The number of halogens is 1. The monoisotopic (exact) mass is 556 g/mol. The van der Waals surface area contributed by atoms with E-state index in [1.54, 1.807) is 11.3 Å². The zero-order chi connectivity index (χ0) is 21.0. The molecular weight excluding hydrogens is 519 g/mol. The summed E-state index contributed by atoms with van der Waals surface area (Å²) in [5, 5.41) is 10.0. The average molecular weight is 557 g/mol. The number of hydrogen-bond acceptors (Lipinski definition) is 5. The highest BCUT2D eigenvalue weighted by atomic mass is 127. The molecule has 0 aliphatic carbocycles. The van der Waals surface area contributed by atoms with Gasteiger partial charge in [-0.3, -0.25) is 9.89 Å². The minimum Gasteiger partial charge on any atom is -0.369 e. The Hall–Kier alpha value is -1.39. The van der Waals surface area contributed by atoms with E-state index in [4.69, 9.17) is 4.99 Å². The van der Waals surface area contributed by atoms with Gasteiger partial charge in [-0.25, -0.2) is 4.98 Å². The van der Waals surface area contributed by atoms with Gasteiger partial charge in [0.05, 0.1) is 10.7 Å². The number of rotatable bonds is 10. The molecule has 6 nitrogen and oxygen atoms in total. The highest BCUT2D eigenvalue weighted by molar-refractivity contribution is 14.0. The second-order valence-electron chi connectivity index (χ2n) is 7.67. The molecule has 0 amide bonds. The zero-order valence-electron chi connectivity index (χ0n) is 18.8. The van der Waals surface area contributed by atoms with E-state index in [2.05, 4.69) is 75.0 Å². The Labute approximate surface area is 208 Å². The van der Waals surface area contributed by atoms with E-state index < -0.39 is 0 Å². The lowest BCUT2D eigenvalue weighted by molar-refractivity contribution is 0.253. The predicted molar refractivity (Wildman–Crippen MR) is 144 cm³/mol. The van der Waals surface area contributed by atoms with Crippen molar-refractivity contribution < 1.29 is 0 Å². The van der Waals surface area contributed by atoms with Crippen LogP contribution in [0.2, 0.25) is 0 Å². The lowest BCUT2D eigenvalue weighted by Crippen LogP contribution is -2.46. The minimum absolute atomic E-state index is 0. The van der Waals surface area contributed by atoms with Crippen molar-refractivity contribution in [2.75, 3.05) is 57.3 Å². The summed E-state index contributed by atoms with van der Waals surface area (Å²) in [4.78, 5) is 14.3. The molecule has 31 heavy (non-hydrogen) atoms. The molecule has 3 rings (SSSR count). The van der Waals surface area contributed by atoms with Crippen molar-refractivity contribution in [1.82, 2.24) is 20.5 Å². The van der Waals surface area contributed by atoms with Crippen LogP contribution in [0.3, 0.4) is 0 Å². The molecule has 1 aromatic heterocycles. The number of aryl methyl sites for hydroxylation is 1. The fourth-order valence-electron chi connectivity index (χ4n) is 3.68. The third-order valence-corrected chi connectivity index (χ3v) is 6.15. The summed E-state index contributed by atoms with van der Waals surface area (Å²) < 4.78 is 0. The van der Waals surface area contributed by atoms with Gasteiger partial charge >= 0.3 is 0 Å². The fourth-order valence-corrected chi connectivity index (χ4v) is 4.33. The molecule has 0 saturated carbocycles. The van der Waals surface area contributed by atoms with Crippen molar-refractivity contribution in [2.45, 2.75) is 33.1 Å². The molecule has 1 aliphatic heterocycles. The van der Waals surface area contributed by atoms with E-state index in [1.807, 2.05) is 0 Å². The summed E-state index contributed by atoms with van der Waals surface area (Å²) in [6.07, 6.45) is 3.26. The Balaban J connectivity index is 0.00000341. The molecule has 172 valence electrons. The molecule has 0 radical (unpaired) electrons. The van der Waals surface area contributed by atoms with Crippen LogP contribution >= 0.6 is 35.3 Å². The van der Waals surface area contributed by atoms with Gasteiger partial charge in [-0.2, -0.15) is 0 Å². The van der Waals surface area contributed by atoms with Crippen LogP contribution in [-0.4, -0.2) is 68.2 Å². The number of benzene rings is 1. The summed E-state index contributed by atoms with van der Waals surface area (Å²) >= 11 is 1.71. The summed E-state index contributed by atoms with van der Waals surface area (Å²) in [5.41, 5.74) is 2.51. The van der Waals surface area contributed by atoms with Crippen molar-refractivity contribution in [3.8, 4) is 0 Å². The zero-order valence-corrected chi connectivity index (χ0v) is 22.0. The van der Waals surface area contributed by atoms with E-state index in [9.17, 15) is 0 Å². The lowest BCUT2D eigenvalue weighted by Gasteiger charge is -2.36. The standard InChI is InChI=1S/C23H36N6S.HI/c1-3-24-23(26-13-11-21-19-30-20(2)27-21)25-12-7-8-14-28-15-17-29(18-16-28)22-9-5-4-6-10-22;/h4-6,9-10,19H,3,7-8,11-18H2,1-2H3,(H2,24,25,26);1H. The highest BCUT2D eigenvalue weighted by Crippen LogP contribution is 2.15. The van der Waals surface area contributed by atoms with Crippen LogP contribution in [0.25, 0.3) is 0 Å². The van der Waals surface area contributed by atoms with Crippen molar-refractivity contribution >= 4 is 47.0 Å². The number of aliphatic imine (C=N–C) groups is 1. The van der Waals surface area contributed by atoms with Gasteiger partial charge in [-0.05, 0) is 45.4 Å². The van der Waals surface area contributed by atoms with Crippen molar-refractivity contribution in [2.24, 2.45) is 4.99 Å². The normalized spacial score (nSPS) is 14.9. The Bertz CT molecular complexity index is 758. The SMILES string of the molecule is CCNC(=NCCCCN1CCN(c2ccccc2)CC1)NCCc1csc(C)n1.I. The molecule has 0 spiro atoms. The Morgan fingerprint density at radius 2 is 1.87 bits per heavy atom. The van der Waals surface area contributed by atoms with E-state index in [0.717, 1.165) is 75.3 Å². The maximum Gasteiger partial charge on any atom is 0.191 e. The Morgan fingerprint density at radius 3 is 2.55 bits per heavy atom. The summed E-state index contributed by atoms with van der Waals surface area (Å²) in [7, 11) is 0. The first kappa shape index (κ1) is 25.9. The van der Waals surface area contributed by atoms with E-state index in [0.29, 0.717) is 0 Å². The van der Waals surface area contributed by atoms with Gasteiger partial charge < -0.3 is 15.5 Å². The fraction of sp³-hybridized carbons (Fsp3) is 0.565. The first-order valence-electron chi connectivity index (χ1n) is 11.2. The number of nitrogens with one attached hydrogen (secondary N) is 2. The third kappa shape index (κ3) is 9.33. The van der Waals surface area contributed by atoms with Gasteiger partial charge in [0.15, 0.2) is 5.96 Å². The average Bonchev–Trinajstić information content (AvgIpc) is 3.19. The first-order valence-corrected chi connectivity index (χ1v) is 12.1. The van der Waals surface area contributed by atoms with Gasteiger partial charge in [-0.15, -0.1) is 35.3 Å². The van der Waals surface area contributed by atoms with Crippen LogP contribution in [-0.2, 0) is 6.42 Å². The van der Waals surface area contributed by atoms with Crippen LogP contribution in [0, 0.1) is 6.92 Å². The van der Waals surface area contributed by atoms with Crippen LogP contribution in [0.5, 0.6) is 0 Å². The molecule has 1 aliphatic rings. The van der Waals surface area contributed by atoms with Gasteiger partial charge in [-0.1, -0.05) is 18.2 Å². The third-order valence-electron chi connectivity index (χ3n) is 5.33. The summed E-state index contributed by atoms with van der Waals surface area (Å²) in [5.74, 6) is 0.918. The molecule has 1 saturated heterocycles. The molecular formula is C23H37IN6S. The van der Waals surface area contributed by atoms with Crippen molar-refractivity contribution in [3.05, 3.63) is 46.4 Å². The second-order valence-corrected chi connectivity index (χ2v) is 8.73. The number of unbranched alkanes of at least 4 members (excludes halogenated alkanes) is 1. The Morgan fingerprint density at radius 1 is 1.10 bits per heavy atom. The largest absolute Gasteiger partial charge is 0.369 e. The van der Waals surface area contributed by atoms with E-state index in [-0.39, 0.29) is 24.0 Å². The number of nitrogens with zero attached hydrogens (tertiary/aromatic N) is 4. The molecule has 1 fully saturated rings. The smallest absolute Gasteiger partial charge is 0.191 e. The summed E-state index contributed by atoms with van der Waals surface area (Å²) in [6, 6.07) is 10.8.